The van der Waals surface area contributed by atoms with E-state index in [4.69, 9.17) is 5.11 Å². The van der Waals surface area contributed by atoms with Gasteiger partial charge in [0.2, 0.25) is 0 Å². The molecule has 1 atom stereocenters. The highest BCUT2D eigenvalue weighted by Gasteiger charge is 2.11. The normalized spacial score (nSPS) is 13.0. The summed E-state index contributed by atoms with van der Waals surface area (Å²) in [6.45, 7) is 5.59. The molecular formula is C14H21F2NO. The minimum absolute atomic E-state index is 0.148. The summed E-state index contributed by atoms with van der Waals surface area (Å²) >= 11 is 0. The standard InChI is InChI=1S/C14H21F2NO/c1-10(2)12(9-18)8-17-6-5-11-3-4-13(15)7-14(11)16/h3-4,7,10,12,17-18H,5-6,8-9H2,1-2H3. The maximum absolute atomic E-state index is 13.3. The third-order valence-electron chi connectivity index (χ3n) is 3.17. The number of nitrogens with one attached hydrogen (secondary N) is 1. The fraction of sp³-hybridized carbons (Fsp3) is 0.571. The molecule has 0 spiro atoms. The predicted octanol–water partition coefficient (Wildman–Crippen LogP) is 2.36. The first-order valence-corrected chi connectivity index (χ1v) is 6.30. The first-order valence-electron chi connectivity index (χ1n) is 6.30. The van der Waals surface area contributed by atoms with Crippen LogP contribution in [0.5, 0.6) is 0 Å². The molecule has 4 heteroatoms. The molecule has 1 aromatic rings. The van der Waals surface area contributed by atoms with Crippen LogP contribution in [0.1, 0.15) is 19.4 Å². The van der Waals surface area contributed by atoms with Gasteiger partial charge in [-0.05, 0) is 36.4 Å². The number of halogens is 2. The second-order valence-electron chi connectivity index (χ2n) is 4.88. The molecule has 0 fully saturated rings. The zero-order chi connectivity index (χ0) is 13.5. The third-order valence-corrected chi connectivity index (χ3v) is 3.17. The van der Waals surface area contributed by atoms with E-state index in [-0.39, 0.29) is 12.5 Å². The Hall–Kier alpha value is -1.00. The summed E-state index contributed by atoms with van der Waals surface area (Å²) < 4.78 is 26.0. The molecule has 0 aliphatic heterocycles. The van der Waals surface area contributed by atoms with Crippen molar-refractivity contribution in [3.05, 3.63) is 35.4 Å². The number of aliphatic hydroxyl groups excluding tert-OH is 1. The average molecular weight is 257 g/mol. The molecule has 1 aromatic carbocycles. The van der Waals surface area contributed by atoms with Crippen LogP contribution in [-0.4, -0.2) is 24.8 Å². The molecule has 0 saturated heterocycles. The maximum atomic E-state index is 13.3. The number of aliphatic hydroxyl groups is 1. The molecule has 2 nitrogen and oxygen atoms in total. The SMILES string of the molecule is CC(C)C(CO)CNCCc1ccc(F)cc1F. The van der Waals surface area contributed by atoms with Gasteiger partial charge >= 0.3 is 0 Å². The quantitative estimate of drug-likeness (QED) is 0.735. The summed E-state index contributed by atoms with van der Waals surface area (Å²) in [4.78, 5) is 0. The Balaban J connectivity index is 2.33. The summed E-state index contributed by atoms with van der Waals surface area (Å²) in [6, 6.07) is 3.64. The number of benzene rings is 1. The first kappa shape index (κ1) is 15.1. The molecule has 2 N–H and O–H groups in total. The zero-order valence-corrected chi connectivity index (χ0v) is 10.9. The van der Waals surface area contributed by atoms with Crippen LogP contribution in [0, 0.1) is 23.5 Å². The molecular weight excluding hydrogens is 236 g/mol. The summed E-state index contributed by atoms with van der Waals surface area (Å²) in [5, 5.41) is 12.3. The van der Waals surface area contributed by atoms with E-state index < -0.39 is 11.6 Å². The highest BCUT2D eigenvalue weighted by molar-refractivity contribution is 5.18. The van der Waals surface area contributed by atoms with E-state index in [2.05, 4.69) is 19.2 Å². The van der Waals surface area contributed by atoms with Crippen LogP contribution in [0.15, 0.2) is 18.2 Å². The van der Waals surface area contributed by atoms with Gasteiger partial charge in [0.1, 0.15) is 11.6 Å². The summed E-state index contributed by atoms with van der Waals surface area (Å²) in [5.41, 5.74) is 0.508. The van der Waals surface area contributed by atoms with Crippen molar-refractivity contribution in [3.63, 3.8) is 0 Å². The molecule has 0 radical (unpaired) electrons. The molecule has 0 bridgehead atoms. The van der Waals surface area contributed by atoms with Gasteiger partial charge in [-0.1, -0.05) is 19.9 Å². The lowest BCUT2D eigenvalue weighted by Gasteiger charge is -2.18. The van der Waals surface area contributed by atoms with Crippen LogP contribution in [0.2, 0.25) is 0 Å². The van der Waals surface area contributed by atoms with Crippen molar-refractivity contribution in [3.8, 4) is 0 Å². The number of rotatable bonds is 7. The second kappa shape index (κ2) is 7.44. The molecule has 0 aliphatic carbocycles. The Labute approximate surface area is 107 Å². The molecule has 1 unspecified atom stereocenters. The predicted molar refractivity (Wildman–Crippen MR) is 68.3 cm³/mol. The number of hydrogen-bond acceptors (Lipinski definition) is 2. The van der Waals surface area contributed by atoms with E-state index in [1.807, 2.05) is 0 Å². The monoisotopic (exact) mass is 257 g/mol. The molecule has 18 heavy (non-hydrogen) atoms. The topological polar surface area (TPSA) is 32.3 Å². The van der Waals surface area contributed by atoms with E-state index >= 15 is 0 Å². The van der Waals surface area contributed by atoms with Crippen LogP contribution >= 0.6 is 0 Å². The van der Waals surface area contributed by atoms with Crippen LogP contribution in [0.25, 0.3) is 0 Å². The summed E-state index contributed by atoms with van der Waals surface area (Å²) in [7, 11) is 0. The van der Waals surface area contributed by atoms with Gasteiger partial charge in [0, 0.05) is 19.2 Å². The van der Waals surface area contributed by atoms with Gasteiger partial charge < -0.3 is 10.4 Å². The van der Waals surface area contributed by atoms with Gasteiger partial charge in [-0.15, -0.1) is 0 Å². The van der Waals surface area contributed by atoms with Crippen molar-refractivity contribution in [1.82, 2.24) is 5.32 Å². The zero-order valence-electron chi connectivity index (χ0n) is 10.9. The minimum atomic E-state index is -0.552. The molecule has 0 amide bonds. The molecule has 0 aliphatic rings. The smallest absolute Gasteiger partial charge is 0.129 e. The van der Waals surface area contributed by atoms with Gasteiger partial charge in [0.25, 0.3) is 0 Å². The van der Waals surface area contributed by atoms with Gasteiger partial charge in [0.05, 0.1) is 0 Å². The van der Waals surface area contributed by atoms with Crippen LogP contribution in [-0.2, 0) is 6.42 Å². The lowest BCUT2D eigenvalue weighted by Crippen LogP contribution is -2.30. The van der Waals surface area contributed by atoms with Crippen molar-refractivity contribution >= 4 is 0 Å². The van der Waals surface area contributed by atoms with E-state index in [1.165, 1.54) is 12.1 Å². The molecule has 0 aromatic heterocycles. The Kier molecular flexibility index (Phi) is 6.22. The lowest BCUT2D eigenvalue weighted by molar-refractivity contribution is 0.186. The van der Waals surface area contributed by atoms with Gasteiger partial charge in [0.15, 0.2) is 0 Å². The molecule has 102 valence electrons. The molecule has 0 heterocycles. The van der Waals surface area contributed by atoms with E-state index in [0.717, 1.165) is 6.07 Å². The lowest BCUT2D eigenvalue weighted by atomic mass is 9.97. The van der Waals surface area contributed by atoms with Crippen LogP contribution in [0.3, 0.4) is 0 Å². The van der Waals surface area contributed by atoms with E-state index in [0.29, 0.717) is 31.0 Å². The highest BCUT2D eigenvalue weighted by Crippen LogP contribution is 2.10. The van der Waals surface area contributed by atoms with E-state index in [9.17, 15) is 8.78 Å². The molecule has 1 rings (SSSR count). The maximum Gasteiger partial charge on any atom is 0.129 e. The average Bonchev–Trinajstić information content (AvgIpc) is 2.31. The minimum Gasteiger partial charge on any atom is -0.396 e. The fourth-order valence-electron chi connectivity index (χ4n) is 1.75. The Bertz CT molecular complexity index is 369. The van der Waals surface area contributed by atoms with Crippen molar-refractivity contribution in [2.24, 2.45) is 11.8 Å². The summed E-state index contributed by atoms with van der Waals surface area (Å²) in [6.07, 6.45) is 0.516. The highest BCUT2D eigenvalue weighted by atomic mass is 19.1. The largest absolute Gasteiger partial charge is 0.396 e. The van der Waals surface area contributed by atoms with Crippen molar-refractivity contribution < 1.29 is 13.9 Å². The Morgan fingerprint density at radius 3 is 2.56 bits per heavy atom. The molecule has 0 saturated carbocycles. The van der Waals surface area contributed by atoms with E-state index in [1.54, 1.807) is 0 Å². The number of hydrogen-bond donors (Lipinski definition) is 2. The first-order chi connectivity index (χ1) is 8.54. The third kappa shape index (κ3) is 4.70. The Morgan fingerprint density at radius 2 is 2.00 bits per heavy atom. The fourth-order valence-corrected chi connectivity index (χ4v) is 1.75. The van der Waals surface area contributed by atoms with Gasteiger partial charge in [-0.2, -0.15) is 0 Å². The van der Waals surface area contributed by atoms with Crippen molar-refractivity contribution in [2.75, 3.05) is 19.7 Å². The van der Waals surface area contributed by atoms with Gasteiger partial charge in [-0.25, -0.2) is 8.78 Å². The Morgan fingerprint density at radius 1 is 1.28 bits per heavy atom. The van der Waals surface area contributed by atoms with Crippen LogP contribution in [0.4, 0.5) is 8.78 Å². The van der Waals surface area contributed by atoms with Crippen molar-refractivity contribution in [1.29, 1.82) is 0 Å². The van der Waals surface area contributed by atoms with Crippen LogP contribution < -0.4 is 5.32 Å². The second-order valence-corrected chi connectivity index (χ2v) is 4.88. The van der Waals surface area contributed by atoms with Crippen molar-refractivity contribution in [2.45, 2.75) is 20.3 Å². The van der Waals surface area contributed by atoms with Gasteiger partial charge in [-0.3, -0.25) is 0 Å². The summed E-state index contributed by atoms with van der Waals surface area (Å²) in [5.74, 6) is -0.433.